The van der Waals surface area contributed by atoms with Crippen molar-refractivity contribution in [3.8, 4) is 0 Å². The van der Waals surface area contributed by atoms with Crippen LogP contribution in [0.2, 0.25) is 18.1 Å². The summed E-state index contributed by atoms with van der Waals surface area (Å²) in [5, 5.41) is 0.229. The SMILES string of the molecule is CC(=O)/C=C/C1(O[Si](C)(C)C(C)(C)C)CC1. The molecule has 3 heteroatoms. The van der Waals surface area contributed by atoms with Gasteiger partial charge in [0, 0.05) is 0 Å². The fraction of sp³-hybridized carbons (Fsp3) is 0.769. The Morgan fingerprint density at radius 2 is 1.81 bits per heavy atom. The first kappa shape index (κ1) is 13.7. The van der Waals surface area contributed by atoms with Gasteiger partial charge >= 0.3 is 0 Å². The predicted octanol–water partition coefficient (Wildman–Crippen LogP) is 3.69. The van der Waals surface area contributed by atoms with Gasteiger partial charge in [-0.05, 0) is 44.0 Å². The van der Waals surface area contributed by atoms with E-state index in [-0.39, 0.29) is 16.4 Å². The Bertz CT molecular complexity index is 306. The maximum Gasteiger partial charge on any atom is 0.193 e. The maximum atomic E-state index is 10.9. The lowest BCUT2D eigenvalue weighted by Crippen LogP contribution is -2.44. The van der Waals surface area contributed by atoms with Gasteiger partial charge in [-0.1, -0.05) is 26.8 Å². The summed E-state index contributed by atoms with van der Waals surface area (Å²) in [5.41, 5.74) is -0.116. The molecule has 0 aliphatic heterocycles. The van der Waals surface area contributed by atoms with Gasteiger partial charge in [0.05, 0.1) is 5.60 Å². The molecule has 1 aliphatic carbocycles. The van der Waals surface area contributed by atoms with Crippen LogP contribution in [0.25, 0.3) is 0 Å². The van der Waals surface area contributed by atoms with Crippen LogP contribution in [0.1, 0.15) is 40.5 Å². The molecule has 0 aromatic heterocycles. The second-order valence-electron chi connectivity index (χ2n) is 6.37. The van der Waals surface area contributed by atoms with Crippen LogP contribution in [0, 0.1) is 0 Å². The molecule has 1 aliphatic rings. The Labute approximate surface area is 100 Å². The topological polar surface area (TPSA) is 26.3 Å². The Kier molecular flexibility index (Phi) is 3.51. The smallest absolute Gasteiger partial charge is 0.193 e. The number of ketones is 1. The Hall–Kier alpha value is -0.413. The van der Waals surface area contributed by atoms with Gasteiger partial charge < -0.3 is 4.43 Å². The highest BCUT2D eigenvalue weighted by Gasteiger charge is 2.49. The van der Waals surface area contributed by atoms with Crippen molar-refractivity contribution in [3.63, 3.8) is 0 Å². The lowest BCUT2D eigenvalue weighted by Gasteiger charge is -2.38. The highest BCUT2D eigenvalue weighted by molar-refractivity contribution is 6.74. The van der Waals surface area contributed by atoms with Crippen LogP contribution in [0.15, 0.2) is 12.2 Å². The number of carbonyl (C=O) groups is 1. The summed E-state index contributed by atoms with van der Waals surface area (Å²) >= 11 is 0. The van der Waals surface area contributed by atoms with Gasteiger partial charge in [-0.3, -0.25) is 4.79 Å². The highest BCUT2D eigenvalue weighted by atomic mass is 28.4. The summed E-state index contributed by atoms with van der Waals surface area (Å²) in [6.07, 6.45) is 5.74. The van der Waals surface area contributed by atoms with Gasteiger partial charge in [-0.25, -0.2) is 0 Å². The lowest BCUT2D eigenvalue weighted by molar-refractivity contribution is -0.112. The molecule has 0 spiro atoms. The molecular weight excluding hydrogens is 216 g/mol. The third-order valence-electron chi connectivity index (χ3n) is 3.63. The average Bonchev–Trinajstić information content (AvgIpc) is 2.79. The van der Waals surface area contributed by atoms with Crippen LogP contribution in [0.3, 0.4) is 0 Å². The summed E-state index contributed by atoms with van der Waals surface area (Å²) in [4.78, 5) is 10.9. The van der Waals surface area contributed by atoms with E-state index in [1.165, 1.54) is 0 Å². The van der Waals surface area contributed by atoms with E-state index in [4.69, 9.17) is 4.43 Å². The van der Waals surface area contributed by atoms with E-state index in [1.807, 2.05) is 6.08 Å². The van der Waals surface area contributed by atoms with Crippen LogP contribution in [-0.2, 0) is 9.22 Å². The summed E-state index contributed by atoms with van der Waals surface area (Å²) in [5.74, 6) is 0.102. The molecule has 0 heterocycles. The van der Waals surface area contributed by atoms with E-state index in [9.17, 15) is 4.79 Å². The quantitative estimate of drug-likeness (QED) is 0.553. The summed E-state index contributed by atoms with van der Waals surface area (Å²) < 4.78 is 6.35. The largest absolute Gasteiger partial charge is 0.408 e. The number of carbonyl (C=O) groups excluding carboxylic acids is 1. The van der Waals surface area contributed by atoms with Crippen molar-refractivity contribution in [1.82, 2.24) is 0 Å². The minimum atomic E-state index is -1.71. The zero-order chi connectivity index (χ0) is 12.6. The number of hydrogen-bond donors (Lipinski definition) is 0. The number of rotatable bonds is 4. The van der Waals surface area contributed by atoms with Gasteiger partial charge in [-0.2, -0.15) is 0 Å². The first-order chi connectivity index (χ1) is 7.08. The van der Waals surface area contributed by atoms with Crippen molar-refractivity contribution >= 4 is 14.1 Å². The van der Waals surface area contributed by atoms with E-state index >= 15 is 0 Å². The predicted molar refractivity (Wildman–Crippen MR) is 70.1 cm³/mol. The van der Waals surface area contributed by atoms with Crippen molar-refractivity contribution < 1.29 is 9.22 Å². The monoisotopic (exact) mass is 240 g/mol. The van der Waals surface area contributed by atoms with E-state index < -0.39 is 8.32 Å². The molecule has 1 saturated carbocycles. The van der Waals surface area contributed by atoms with Crippen LogP contribution in [0.5, 0.6) is 0 Å². The second kappa shape index (κ2) is 4.11. The third kappa shape index (κ3) is 3.29. The fourth-order valence-corrected chi connectivity index (χ4v) is 2.95. The molecular formula is C13H24O2Si. The molecule has 0 amide bonds. The molecule has 0 atom stereocenters. The lowest BCUT2D eigenvalue weighted by atomic mass is 10.2. The van der Waals surface area contributed by atoms with Crippen molar-refractivity contribution in [3.05, 3.63) is 12.2 Å². The highest BCUT2D eigenvalue weighted by Crippen LogP contribution is 2.48. The first-order valence-corrected chi connectivity index (χ1v) is 8.89. The van der Waals surface area contributed by atoms with Crippen molar-refractivity contribution in [1.29, 1.82) is 0 Å². The third-order valence-corrected chi connectivity index (χ3v) is 8.16. The summed E-state index contributed by atoms with van der Waals surface area (Å²) in [6.45, 7) is 12.8. The molecule has 0 aromatic rings. The van der Waals surface area contributed by atoms with E-state index in [0.717, 1.165) is 12.8 Å². The van der Waals surface area contributed by atoms with E-state index in [1.54, 1.807) is 13.0 Å². The molecule has 0 N–H and O–H groups in total. The van der Waals surface area contributed by atoms with Gasteiger partial charge in [-0.15, -0.1) is 0 Å². The molecule has 1 fully saturated rings. The van der Waals surface area contributed by atoms with Crippen molar-refractivity contribution in [2.24, 2.45) is 0 Å². The fourth-order valence-electron chi connectivity index (χ4n) is 1.36. The molecule has 1 rings (SSSR count). The number of allylic oxidation sites excluding steroid dienone is 1. The van der Waals surface area contributed by atoms with Crippen LogP contribution in [0.4, 0.5) is 0 Å². The Morgan fingerprint density at radius 1 is 1.31 bits per heavy atom. The second-order valence-corrected chi connectivity index (χ2v) is 11.1. The molecule has 0 aromatic carbocycles. The Morgan fingerprint density at radius 3 is 2.12 bits per heavy atom. The maximum absolute atomic E-state index is 10.9. The van der Waals surface area contributed by atoms with Crippen LogP contribution < -0.4 is 0 Å². The molecule has 0 saturated heterocycles. The van der Waals surface area contributed by atoms with Gasteiger partial charge in [0.2, 0.25) is 0 Å². The minimum Gasteiger partial charge on any atom is -0.408 e. The van der Waals surface area contributed by atoms with Gasteiger partial charge in [0.25, 0.3) is 0 Å². The molecule has 0 bridgehead atoms. The van der Waals surface area contributed by atoms with Crippen molar-refractivity contribution in [2.45, 2.75) is 64.3 Å². The number of hydrogen-bond acceptors (Lipinski definition) is 2. The standard InChI is InChI=1S/C13H24O2Si/c1-11(14)7-8-13(9-10-13)15-16(5,6)12(2,3)4/h7-8H,9-10H2,1-6H3/b8-7+. The normalized spacial score (nSPS) is 20.1. The summed E-state index contributed by atoms with van der Waals surface area (Å²) in [6, 6.07) is 0. The molecule has 2 nitrogen and oxygen atoms in total. The molecule has 0 unspecified atom stereocenters. The average molecular weight is 240 g/mol. The van der Waals surface area contributed by atoms with E-state index in [0.29, 0.717) is 0 Å². The molecule has 0 radical (unpaired) electrons. The zero-order valence-electron chi connectivity index (χ0n) is 11.4. The van der Waals surface area contributed by atoms with Crippen molar-refractivity contribution in [2.75, 3.05) is 0 Å². The van der Waals surface area contributed by atoms with Gasteiger partial charge in [0.1, 0.15) is 0 Å². The van der Waals surface area contributed by atoms with Crippen LogP contribution in [-0.4, -0.2) is 19.7 Å². The zero-order valence-corrected chi connectivity index (χ0v) is 12.4. The summed E-state index contributed by atoms with van der Waals surface area (Å²) in [7, 11) is -1.71. The van der Waals surface area contributed by atoms with E-state index in [2.05, 4.69) is 33.9 Å². The minimum absolute atomic E-state index is 0.102. The Balaban J connectivity index is 2.71. The molecule has 16 heavy (non-hydrogen) atoms. The first-order valence-electron chi connectivity index (χ1n) is 5.98. The molecule has 92 valence electrons. The van der Waals surface area contributed by atoms with Crippen LogP contribution >= 0.6 is 0 Å². The van der Waals surface area contributed by atoms with Gasteiger partial charge in [0.15, 0.2) is 14.1 Å².